The second-order valence-electron chi connectivity index (χ2n) is 7.09. The van der Waals surface area contributed by atoms with Gasteiger partial charge in [-0.3, -0.25) is 4.79 Å². The number of amides is 1. The van der Waals surface area contributed by atoms with E-state index in [-0.39, 0.29) is 23.3 Å². The van der Waals surface area contributed by atoms with Crippen LogP contribution < -0.4 is 5.32 Å². The van der Waals surface area contributed by atoms with Crippen LogP contribution in [0.1, 0.15) is 38.5 Å². The lowest BCUT2D eigenvalue weighted by Gasteiger charge is -2.22. The van der Waals surface area contributed by atoms with Gasteiger partial charge in [-0.15, -0.1) is 11.3 Å². The molecule has 3 aromatic carbocycles. The molecule has 1 heterocycles. The van der Waals surface area contributed by atoms with Gasteiger partial charge in [0.2, 0.25) is 0 Å². The van der Waals surface area contributed by atoms with Crippen LogP contribution in [0, 0.1) is 6.92 Å². The van der Waals surface area contributed by atoms with Crippen molar-refractivity contribution in [2.75, 3.05) is 5.32 Å². The summed E-state index contributed by atoms with van der Waals surface area (Å²) in [5, 5.41) is 25.3. The molecule has 0 aliphatic carbocycles. The molecule has 0 spiro atoms. The summed E-state index contributed by atoms with van der Waals surface area (Å²) in [6.45, 7) is 1.97. The Morgan fingerprint density at radius 1 is 0.833 bits per heavy atom. The predicted molar refractivity (Wildman–Crippen MR) is 121 cm³/mol. The Kier molecular flexibility index (Phi) is 5.55. The average molecular weight is 416 g/mol. The van der Waals surface area contributed by atoms with E-state index in [2.05, 4.69) is 5.32 Å². The third-order valence-electron chi connectivity index (χ3n) is 5.06. The van der Waals surface area contributed by atoms with Crippen LogP contribution in [0.25, 0.3) is 0 Å². The number of aryl methyl sites for hydroxylation is 1. The summed E-state index contributed by atoms with van der Waals surface area (Å²) in [6, 6.07) is 23.5. The molecule has 1 aromatic heterocycles. The van der Waals surface area contributed by atoms with Gasteiger partial charge in [-0.1, -0.05) is 42.5 Å². The lowest BCUT2D eigenvalue weighted by molar-refractivity contribution is 0.102. The number of nitrogens with one attached hydrogen (secondary N) is 1. The standard InChI is InChI=1S/C25H21NO3S/c1-16-14-15-30-25(16)26-24(29)22-5-3-2-4-21(22)23(17-6-10-19(27)11-7-17)18-8-12-20(28)13-9-18/h2-15,23,27-28H,1H3,(H,26,29). The first-order valence-corrected chi connectivity index (χ1v) is 10.4. The molecule has 150 valence electrons. The van der Waals surface area contributed by atoms with Crippen LogP contribution in [0.15, 0.2) is 84.2 Å². The van der Waals surface area contributed by atoms with Crippen molar-refractivity contribution in [1.29, 1.82) is 0 Å². The van der Waals surface area contributed by atoms with Gasteiger partial charge in [0.15, 0.2) is 0 Å². The summed E-state index contributed by atoms with van der Waals surface area (Å²) in [4.78, 5) is 13.2. The van der Waals surface area contributed by atoms with Gasteiger partial charge in [-0.05, 0) is 71.0 Å². The molecule has 0 unspecified atom stereocenters. The number of phenols is 2. The minimum Gasteiger partial charge on any atom is -0.508 e. The first kappa shape index (κ1) is 19.7. The number of benzene rings is 3. The summed E-state index contributed by atoms with van der Waals surface area (Å²) in [5.41, 5.74) is 4.33. The van der Waals surface area contributed by atoms with E-state index in [0.29, 0.717) is 5.56 Å². The highest BCUT2D eigenvalue weighted by molar-refractivity contribution is 7.14. The monoisotopic (exact) mass is 415 g/mol. The van der Waals surface area contributed by atoms with Crippen molar-refractivity contribution < 1.29 is 15.0 Å². The minimum absolute atomic E-state index is 0.168. The number of hydrogen-bond acceptors (Lipinski definition) is 4. The Balaban J connectivity index is 1.81. The van der Waals surface area contributed by atoms with E-state index >= 15 is 0 Å². The van der Waals surface area contributed by atoms with E-state index < -0.39 is 0 Å². The predicted octanol–water partition coefficient (Wildman–Crippen LogP) is 5.90. The molecular weight excluding hydrogens is 394 g/mol. The molecule has 0 aliphatic rings. The van der Waals surface area contributed by atoms with Crippen molar-refractivity contribution in [1.82, 2.24) is 0 Å². The summed E-state index contributed by atoms with van der Waals surface area (Å²) in [5.74, 6) is -0.0406. The molecule has 1 amide bonds. The summed E-state index contributed by atoms with van der Waals surface area (Å²) in [7, 11) is 0. The van der Waals surface area contributed by atoms with Gasteiger partial charge in [0.05, 0.1) is 5.00 Å². The fraction of sp³-hybridized carbons (Fsp3) is 0.0800. The zero-order valence-electron chi connectivity index (χ0n) is 16.4. The minimum atomic E-state index is -0.238. The molecule has 4 rings (SSSR count). The van der Waals surface area contributed by atoms with Gasteiger partial charge >= 0.3 is 0 Å². The number of thiophene rings is 1. The van der Waals surface area contributed by atoms with Crippen molar-refractivity contribution in [2.24, 2.45) is 0 Å². The van der Waals surface area contributed by atoms with Gasteiger partial charge < -0.3 is 15.5 Å². The Morgan fingerprint density at radius 3 is 1.93 bits per heavy atom. The van der Waals surface area contributed by atoms with Gasteiger partial charge in [0.25, 0.3) is 5.91 Å². The normalized spacial score (nSPS) is 10.9. The Morgan fingerprint density at radius 2 is 1.40 bits per heavy atom. The lowest BCUT2D eigenvalue weighted by atomic mass is 9.82. The maximum atomic E-state index is 13.2. The van der Waals surface area contributed by atoms with Crippen LogP contribution in [0.3, 0.4) is 0 Å². The maximum absolute atomic E-state index is 13.2. The van der Waals surface area contributed by atoms with Gasteiger partial charge in [0, 0.05) is 11.5 Å². The van der Waals surface area contributed by atoms with Gasteiger partial charge in [-0.2, -0.15) is 0 Å². The van der Waals surface area contributed by atoms with Crippen LogP contribution in [0.4, 0.5) is 5.00 Å². The van der Waals surface area contributed by atoms with E-state index in [1.807, 2.05) is 66.9 Å². The summed E-state index contributed by atoms with van der Waals surface area (Å²) < 4.78 is 0. The number of carbonyl (C=O) groups excluding carboxylic acids is 1. The summed E-state index contributed by atoms with van der Waals surface area (Å²) in [6.07, 6.45) is 0. The first-order valence-electron chi connectivity index (χ1n) is 9.55. The third-order valence-corrected chi connectivity index (χ3v) is 5.99. The SMILES string of the molecule is Cc1ccsc1NC(=O)c1ccccc1C(c1ccc(O)cc1)c1ccc(O)cc1. The molecule has 4 aromatic rings. The van der Waals surface area contributed by atoms with Crippen molar-refractivity contribution in [3.05, 3.63) is 112 Å². The molecule has 4 nitrogen and oxygen atoms in total. The van der Waals surface area contributed by atoms with Crippen molar-refractivity contribution in [3.8, 4) is 11.5 Å². The number of phenolic OH excluding ortho intramolecular Hbond substituents is 2. The number of rotatable bonds is 5. The molecule has 0 bridgehead atoms. The molecule has 0 aliphatic heterocycles. The van der Waals surface area contributed by atoms with Crippen molar-refractivity contribution in [2.45, 2.75) is 12.8 Å². The van der Waals surface area contributed by atoms with Gasteiger partial charge in [0.1, 0.15) is 11.5 Å². The molecule has 3 N–H and O–H groups in total. The number of aromatic hydroxyl groups is 2. The molecule has 0 saturated carbocycles. The molecule has 0 fully saturated rings. The van der Waals surface area contributed by atoms with E-state index in [4.69, 9.17) is 0 Å². The van der Waals surface area contributed by atoms with E-state index in [1.165, 1.54) is 11.3 Å². The molecule has 30 heavy (non-hydrogen) atoms. The number of hydrogen-bond donors (Lipinski definition) is 3. The van der Waals surface area contributed by atoms with Gasteiger partial charge in [-0.25, -0.2) is 0 Å². The van der Waals surface area contributed by atoms with Crippen LogP contribution >= 0.6 is 11.3 Å². The summed E-state index contributed by atoms with van der Waals surface area (Å²) >= 11 is 1.50. The number of carbonyl (C=O) groups is 1. The molecular formula is C25H21NO3S. The fourth-order valence-electron chi connectivity index (χ4n) is 3.51. The van der Waals surface area contributed by atoms with E-state index in [1.54, 1.807) is 24.3 Å². The van der Waals surface area contributed by atoms with Crippen molar-refractivity contribution in [3.63, 3.8) is 0 Å². The first-order chi connectivity index (χ1) is 14.5. The highest BCUT2D eigenvalue weighted by atomic mass is 32.1. The van der Waals surface area contributed by atoms with Crippen LogP contribution in [-0.4, -0.2) is 16.1 Å². The highest BCUT2D eigenvalue weighted by Crippen LogP contribution is 2.36. The Hall–Kier alpha value is -3.57. The quantitative estimate of drug-likeness (QED) is 0.355. The molecule has 5 heteroatoms. The van der Waals surface area contributed by atoms with Crippen LogP contribution in [0.2, 0.25) is 0 Å². The highest BCUT2D eigenvalue weighted by Gasteiger charge is 2.23. The average Bonchev–Trinajstić information content (AvgIpc) is 3.15. The number of anilines is 1. The molecule has 0 saturated heterocycles. The smallest absolute Gasteiger partial charge is 0.256 e. The molecule has 0 atom stereocenters. The van der Waals surface area contributed by atoms with E-state index in [9.17, 15) is 15.0 Å². The lowest BCUT2D eigenvalue weighted by Crippen LogP contribution is -2.16. The Bertz CT molecular complexity index is 1120. The second-order valence-corrected chi connectivity index (χ2v) is 8.01. The third kappa shape index (κ3) is 4.07. The zero-order valence-corrected chi connectivity index (χ0v) is 17.2. The van der Waals surface area contributed by atoms with Crippen molar-refractivity contribution >= 4 is 22.2 Å². The molecule has 0 radical (unpaired) electrons. The van der Waals surface area contributed by atoms with Crippen LogP contribution in [-0.2, 0) is 0 Å². The Labute approximate surface area is 179 Å². The second kappa shape index (κ2) is 8.43. The van der Waals surface area contributed by atoms with Crippen LogP contribution in [0.5, 0.6) is 11.5 Å². The maximum Gasteiger partial charge on any atom is 0.256 e. The van der Waals surface area contributed by atoms with E-state index in [0.717, 1.165) is 27.3 Å². The fourth-order valence-corrected chi connectivity index (χ4v) is 4.33. The topological polar surface area (TPSA) is 69.6 Å². The largest absolute Gasteiger partial charge is 0.508 e. The zero-order chi connectivity index (χ0) is 21.1.